The molecule has 1 aromatic carbocycles. The van der Waals surface area contributed by atoms with Gasteiger partial charge in [0.2, 0.25) is 0 Å². The SMILES string of the molecule is CC(C)(C)OC(=O)N1CC(n2cnc3c(Cl)c(Br)c([N+](=O)[O-])cc3c2=O)C1. The maximum absolute atomic E-state index is 12.8. The van der Waals surface area contributed by atoms with E-state index >= 15 is 0 Å². The topological polar surface area (TPSA) is 108 Å². The number of hydrogen-bond donors (Lipinski definition) is 0. The van der Waals surface area contributed by atoms with E-state index in [-0.39, 0.29) is 45.2 Å². The first-order chi connectivity index (χ1) is 12.5. The van der Waals surface area contributed by atoms with Gasteiger partial charge in [-0.15, -0.1) is 0 Å². The summed E-state index contributed by atoms with van der Waals surface area (Å²) in [6.45, 7) is 5.89. The summed E-state index contributed by atoms with van der Waals surface area (Å²) in [7, 11) is 0. The molecule has 1 aromatic heterocycles. The van der Waals surface area contributed by atoms with Gasteiger partial charge < -0.3 is 9.64 Å². The minimum absolute atomic E-state index is 0.00689. The second kappa shape index (κ2) is 6.75. The van der Waals surface area contributed by atoms with Gasteiger partial charge >= 0.3 is 6.09 Å². The summed E-state index contributed by atoms with van der Waals surface area (Å²) < 4.78 is 6.72. The van der Waals surface area contributed by atoms with Crippen molar-refractivity contribution in [3.05, 3.63) is 42.4 Å². The van der Waals surface area contributed by atoms with Gasteiger partial charge in [0.1, 0.15) is 10.1 Å². The lowest BCUT2D eigenvalue weighted by molar-refractivity contribution is -0.385. The second-order valence-electron chi connectivity index (χ2n) is 7.17. The van der Waals surface area contributed by atoms with Gasteiger partial charge in [-0.2, -0.15) is 0 Å². The monoisotopic (exact) mass is 458 g/mol. The Balaban J connectivity index is 1.91. The zero-order valence-corrected chi connectivity index (χ0v) is 17.1. The number of rotatable bonds is 2. The Bertz CT molecular complexity index is 1010. The number of benzene rings is 1. The first kappa shape index (κ1) is 19.6. The first-order valence-corrected chi connectivity index (χ1v) is 9.18. The third-order valence-electron chi connectivity index (χ3n) is 4.04. The molecule has 1 saturated heterocycles. The third-order valence-corrected chi connectivity index (χ3v) is 5.44. The number of hydrogen-bond acceptors (Lipinski definition) is 6. The van der Waals surface area contributed by atoms with Crippen LogP contribution in [0.3, 0.4) is 0 Å². The van der Waals surface area contributed by atoms with Gasteiger partial charge in [0.25, 0.3) is 11.2 Å². The summed E-state index contributed by atoms with van der Waals surface area (Å²) in [4.78, 5) is 41.0. The summed E-state index contributed by atoms with van der Waals surface area (Å²) in [5.74, 6) is 0. The van der Waals surface area contributed by atoms with E-state index in [1.54, 1.807) is 20.8 Å². The van der Waals surface area contributed by atoms with E-state index in [2.05, 4.69) is 20.9 Å². The van der Waals surface area contributed by atoms with E-state index in [0.29, 0.717) is 0 Å². The molecule has 0 radical (unpaired) electrons. The normalized spacial score (nSPS) is 14.9. The molecular weight excluding hydrogens is 444 g/mol. The zero-order chi connectivity index (χ0) is 20.1. The van der Waals surface area contributed by atoms with Gasteiger partial charge in [-0.3, -0.25) is 19.5 Å². The molecule has 2 aromatic rings. The average molecular weight is 460 g/mol. The van der Waals surface area contributed by atoms with Crippen LogP contribution in [0.5, 0.6) is 0 Å². The number of halogens is 2. The van der Waals surface area contributed by atoms with Gasteiger partial charge in [0, 0.05) is 19.2 Å². The van der Waals surface area contributed by atoms with Crippen molar-refractivity contribution >= 4 is 50.2 Å². The molecule has 144 valence electrons. The molecule has 0 spiro atoms. The number of likely N-dealkylation sites (tertiary alicyclic amines) is 1. The van der Waals surface area contributed by atoms with Gasteiger partial charge in [-0.25, -0.2) is 9.78 Å². The number of nitro benzene ring substituents is 1. The highest BCUT2D eigenvalue weighted by atomic mass is 79.9. The second-order valence-corrected chi connectivity index (χ2v) is 8.34. The van der Waals surface area contributed by atoms with E-state index in [4.69, 9.17) is 16.3 Å². The predicted molar refractivity (Wildman–Crippen MR) is 102 cm³/mol. The summed E-state index contributed by atoms with van der Waals surface area (Å²) in [6.07, 6.45) is 0.884. The summed E-state index contributed by atoms with van der Waals surface area (Å²) in [6, 6.07) is 0.866. The quantitative estimate of drug-likeness (QED) is 0.502. The lowest BCUT2D eigenvalue weighted by Gasteiger charge is -2.40. The summed E-state index contributed by atoms with van der Waals surface area (Å²) >= 11 is 9.19. The number of carbonyl (C=O) groups excluding carboxylic acids is 1. The fourth-order valence-electron chi connectivity index (χ4n) is 2.70. The number of nitrogens with zero attached hydrogens (tertiary/aromatic N) is 4. The number of carbonyl (C=O) groups is 1. The number of fused-ring (bicyclic) bond motifs is 1. The van der Waals surface area contributed by atoms with Crippen molar-refractivity contribution in [3.8, 4) is 0 Å². The standard InChI is InChI=1S/C16H16BrClN4O5/c1-16(2,3)27-15(24)20-5-8(6-20)21-7-19-13-9(14(21)23)4-10(22(25)26)11(17)12(13)18/h4,7-8H,5-6H2,1-3H3. The van der Waals surface area contributed by atoms with Crippen molar-refractivity contribution < 1.29 is 14.5 Å². The molecule has 9 nitrogen and oxygen atoms in total. The zero-order valence-electron chi connectivity index (χ0n) is 14.7. The molecule has 0 aliphatic carbocycles. The number of nitro groups is 1. The van der Waals surface area contributed by atoms with E-state index in [9.17, 15) is 19.7 Å². The van der Waals surface area contributed by atoms with Crippen molar-refractivity contribution in [3.63, 3.8) is 0 Å². The summed E-state index contributed by atoms with van der Waals surface area (Å²) in [5.41, 5.74) is -1.19. The highest BCUT2D eigenvalue weighted by Gasteiger charge is 2.35. The molecule has 0 N–H and O–H groups in total. The largest absolute Gasteiger partial charge is 0.444 e. The van der Waals surface area contributed by atoms with E-state index < -0.39 is 22.2 Å². The molecule has 11 heteroatoms. The van der Waals surface area contributed by atoms with Gasteiger partial charge in [-0.05, 0) is 36.7 Å². The minimum atomic E-state index is -0.625. The van der Waals surface area contributed by atoms with Gasteiger partial charge in [-0.1, -0.05) is 11.6 Å². The van der Waals surface area contributed by atoms with Crippen LogP contribution < -0.4 is 5.56 Å². The van der Waals surface area contributed by atoms with E-state index in [0.717, 1.165) is 6.07 Å². The van der Waals surface area contributed by atoms with Crippen molar-refractivity contribution in [2.24, 2.45) is 0 Å². The molecule has 27 heavy (non-hydrogen) atoms. The fourth-order valence-corrected chi connectivity index (χ4v) is 3.40. The molecule has 1 aliphatic rings. The molecule has 3 rings (SSSR count). The molecule has 0 bridgehead atoms. The molecule has 0 atom stereocenters. The average Bonchev–Trinajstić information content (AvgIpc) is 2.49. The number of aromatic nitrogens is 2. The highest BCUT2D eigenvalue weighted by Crippen LogP contribution is 2.36. The lowest BCUT2D eigenvalue weighted by Crippen LogP contribution is -2.54. The molecule has 1 amide bonds. The smallest absolute Gasteiger partial charge is 0.410 e. The Labute approximate surface area is 167 Å². The van der Waals surface area contributed by atoms with Gasteiger partial charge in [0.05, 0.1) is 33.2 Å². The molecule has 1 fully saturated rings. The maximum atomic E-state index is 12.8. The van der Waals surface area contributed by atoms with E-state index in [1.807, 2.05) is 0 Å². The van der Waals surface area contributed by atoms with Crippen LogP contribution in [0.2, 0.25) is 5.02 Å². The highest BCUT2D eigenvalue weighted by molar-refractivity contribution is 9.10. The molecule has 0 saturated carbocycles. The molecule has 2 heterocycles. The van der Waals surface area contributed by atoms with E-state index in [1.165, 1.54) is 15.8 Å². The predicted octanol–water partition coefficient (Wildman–Crippen LogP) is 3.51. The molecular formula is C16H16BrClN4O5. The van der Waals surface area contributed by atoms with Crippen LogP contribution in [0.1, 0.15) is 26.8 Å². The Morgan fingerprint density at radius 1 is 1.44 bits per heavy atom. The van der Waals surface area contributed by atoms with Crippen LogP contribution in [0.25, 0.3) is 10.9 Å². The Hall–Kier alpha value is -2.20. The van der Waals surface area contributed by atoms with Crippen LogP contribution in [-0.2, 0) is 4.74 Å². The minimum Gasteiger partial charge on any atom is -0.444 e. The van der Waals surface area contributed by atoms with Crippen molar-refractivity contribution in [1.82, 2.24) is 14.5 Å². The van der Waals surface area contributed by atoms with Crippen LogP contribution in [0.15, 0.2) is 21.7 Å². The van der Waals surface area contributed by atoms with Crippen LogP contribution in [-0.4, -0.2) is 44.2 Å². The number of amides is 1. The van der Waals surface area contributed by atoms with Crippen molar-refractivity contribution in [1.29, 1.82) is 0 Å². The fraction of sp³-hybridized carbons (Fsp3) is 0.438. The Morgan fingerprint density at radius 3 is 2.63 bits per heavy atom. The first-order valence-electron chi connectivity index (χ1n) is 8.00. The Morgan fingerprint density at radius 2 is 2.07 bits per heavy atom. The maximum Gasteiger partial charge on any atom is 0.410 e. The molecule has 0 unspecified atom stereocenters. The van der Waals surface area contributed by atoms with Crippen LogP contribution in [0, 0.1) is 10.1 Å². The van der Waals surface area contributed by atoms with Crippen LogP contribution in [0.4, 0.5) is 10.5 Å². The van der Waals surface area contributed by atoms with Crippen molar-refractivity contribution in [2.75, 3.05) is 13.1 Å². The molecule has 1 aliphatic heterocycles. The Kier molecular flexibility index (Phi) is 4.89. The lowest BCUT2D eigenvalue weighted by atomic mass is 10.1. The van der Waals surface area contributed by atoms with Crippen molar-refractivity contribution in [2.45, 2.75) is 32.4 Å². The third kappa shape index (κ3) is 3.63. The summed E-state index contributed by atoms with van der Waals surface area (Å²) in [5, 5.41) is 11.2. The van der Waals surface area contributed by atoms with Gasteiger partial charge in [0.15, 0.2) is 0 Å². The van der Waals surface area contributed by atoms with Crippen LogP contribution >= 0.6 is 27.5 Å². The number of ether oxygens (including phenoxy) is 1.